The van der Waals surface area contributed by atoms with E-state index >= 15 is 0 Å². The summed E-state index contributed by atoms with van der Waals surface area (Å²) in [6.45, 7) is 0. The van der Waals surface area contributed by atoms with E-state index in [1.54, 1.807) is 72.0 Å². The van der Waals surface area contributed by atoms with Crippen molar-refractivity contribution in [2.45, 2.75) is 89.3 Å². The Morgan fingerprint density at radius 1 is 0.590 bits per heavy atom. The molecule has 4 aromatic carbocycles. The quantitative estimate of drug-likeness (QED) is 0.0842. The van der Waals surface area contributed by atoms with Crippen LogP contribution in [0.25, 0.3) is 31.6 Å². The van der Waals surface area contributed by atoms with Crippen molar-refractivity contribution in [3.63, 3.8) is 0 Å². The van der Waals surface area contributed by atoms with Gasteiger partial charge in [0.15, 0.2) is 5.75 Å². The van der Waals surface area contributed by atoms with Gasteiger partial charge in [-0.2, -0.15) is 0 Å². The minimum absolute atomic E-state index is 0.175. The summed E-state index contributed by atoms with van der Waals surface area (Å²) >= 11 is 1.61. The average Bonchev–Trinajstić information content (AvgIpc) is 3.72. The summed E-state index contributed by atoms with van der Waals surface area (Å²) in [5, 5.41) is 20.6. The number of nitrogens with zero attached hydrogens (tertiary/aromatic N) is 1. The molecule has 61 heavy (non-hydrogen) atoms. The van der Waals surface area contributed by atoms with Gasteiger partial charge in [-0.05, 0) is 141 Å². The summed E-state index contributed by atoms with van der Waals surface area (Å²) in [7, 11) is 0. The molecular weight excluding hydrogens is 795 g/mol. The summed E-state index contributed by atoms with van der Waals surface area (Å²) in [5.41, 5.74) is 2.96. The average molecular weight is 842 g/mol. The predicted molar refractivity (Wildman–Crippen MR) is 230 cm³/mol. The van der Waals surface area contributed by atoms with Crippen LogP contribution in [0.3, 0.4) is 0 Å². The van der Waals surface area contributed by atoms with E-state index in [9.17, 15) is 29.4 Å². The summed E-state index contributed by atoms with van der Waals surface area (Å²) in [5.74, 6) is -1.20. The molecule has 0 aliphatic heterocycles. The molecular formula is C49H47NO10S. The number of phenols is 2. The van der Waals surface area contributed by atoms with E-state index in [0.29, 0.717) is 86.6 Å². The fraction of sp³-hybridized carbons (Fsp3) is 0.327. The molecule has 0 radical (unpaired) electrons. The first-order chi connectivity index (χ1) is 29.6. The molecule has 12 heteroatoms. The number of phenolic OH excluding ortho intramolecular Hbond substituents is 2. The van der Waals surface area contributed by atoms with Crippen molar-refractivity contribution in [1.82, 2.24) is 4.98 Å². The van der Waals surface area contributed by atoms with Crippen molar-refractivity contribution in [2.24, 2.45) is 11.8 Å². The first-order valence-corrected chi connectivity index (χ1v) is 21.8. The maximum atomic E-state index is 13.7. The predicted octanol–water partition coefficient (Wildman–Crippen LogP) is 9.81. The number of hydrogen-bond acceptors (Lipinski definition) is 12. The maximum absolute atomic E-state index is 13.7. The van der Waals surface area contributed by atoms with Crippen LogP contribution >= 0.6 is 11.3 Å². The Morgan fingerprint density at radius 3 is 1.64 bits per heavy atom. The smallest absolute Gasteiger partial charge is 0.314 e. The van der Waals surface area contributed by atoms with Crippen LogP contribution in [-0.2, 0) is 41.5 Å². The van der Waals surface area contributed by atoms with E-state index in [0.717, 1.165) is 26.1 Å². The monoisotopic (exact) mass is 841 g/mol. The van der Waals surface area contributed by atoms with Crippen LogP contribution in [0.1, 0.15) is 75.3 Å². The van der Waals surface area contributed by atoms with Crippen molar-refractivity contribution in [2.75, 3.05) is 0 Å². The van der Waals surface area contributed by atoms with Crippen LogP contribution in [0, 0.1) is 11.8 Å². The normalized spacial score (nSPS) is 19.0. The minimum Gasteiger partial charge on any atom is -0.508 e. The Kier molecular flexibility index (Phi) is 12.9. The zero-order valence-corrected chi connectivity index (χ0v) is 34.4. The molecule has 2 aliphatic carbocycles. The Morgan fingerprint density at radius 2 is 1.10 bits per heavy atom. The number of aromatic hydroxyl groups is 2. The van der Waals surface area contributed by atoms with Crippen molar-refractivity contribution in [3.05, 3.63) is 114 Å². The molecule has 11 nitrogen and oxygen atoms in total. The van der Waals surface area contributed by atoms with Crippen LogP contribution in [0.2, 0.25) is 0 Å². The highest BCUT2D eigenvalue weighted by molar-refractivity contribution is 7.22. The second-order valence-electron chi connectivity index (χ2n) is 15.9. The SMILES string of the molecule is O=C(CCc1ccc(O)cc1)O[C@H]1CC[C@H](C(=O)Oc2ccc(OC(=O)[C@H]3CC[C@H](OC(=O)CCc4ccc(O)cc4)CC3)c3nc(-c4cc5ccccc5s4)ccc23)CC1. The largest absolute Gasteiger partial charge is 0.508 e. The topological polar surface area (TPSA) is 159 Å². The lowest BCUT2D eigenvalue weighted by atomic mass is 9.87. The number of hydrogen-bond donors (Lipinski definition) is 2. The molecule has 0 bridgehead atoms. The molecule has 2 N–H and O–H groups in total. The number of thiophene rings is 1. The fourth-order valence-corrected chi connectivity index (χ4v) is 9.14. The number of benzene rings is 4. The molecule has 0 atom stereocenters. The van der Waals surface area contributed by atoms with E-state index in [1.165, 1.54) is 0 Å². The highest BCUT2D eigenvalue weighted by Gasteiger charge is 2.32. The first-order valence-electron chi connectivity index (χ1n) is 20.9. The van der Waals surface area contributed by atoms with Gasteiger partial charge in [-0.15, -0.1) is 11.3 Å². The number of pyridine rings is 1. The third-order valence-corrected chi connectivity index (χ3v) is 12.7. The highest BCUT2D eigenvalue weighted by Crippen LogP contribution is 2.39. The van der Waals surface area contributed by atoms with Crippen molar-refractivity contribution < 1.29 is 48.3 Å². The van der Waals surface area contributed by atoms with E-state index in [4.69, 9.17) is 23.9 Å². The van der Waals surface area contributed by atoms with Crippen LogP contribution in [0.15, 0.2) is 103 Å². The maximum Gasteiger partial charge on any atom is 0.314 e. The zero-order valence-electron chi connectivity index (χ0n) is 33.6. The number of carbonyl (C=O) groups excluding carboxylic acids is 4. The van der Waals surface area contributed by atoms with E-state index in [-0.39, 0.29) is 72.0 Å². The van der Waals surface area contributed by atoms with Gasteiger partial charge in [-0.1, -0.05) is 42.5 Å². The van der Waals surface area contributed by atoms with Crippen molar-refractivity contribution in [1.29, 1.82) is 0 Å². The van der Waals surface area contributed by atoms with Gasteiger partial charge in [0.1, 0.15) is 35.0 Å². The van der Waals surface area contributed by atoms with Crippen LogP contribution in [0.4, 0.5) is 0 Å². The molecule has 8 rings (SSSR count). The number of esters is 4. The number of ether oxygens (including phenoxy) is 4. The lowest BCUT2D eigenvalue weighted by Crippen LogP contribution is -2.30. The van der Waals surface area contributed by atoms with E-state index in [1.807, 2.05) is 30.3 Å². The minimum atomic E-state index is -0.393. The number of rotatable bonds is 13. The van der Waals surface area contributed by atoms with Gasteiger partial charge in [0.05, 0.1) is 22.4 Å². The fourth-order valence-electron chi connectivity index (χ4n) is 8.11. The summed E-state index contributed by atoms with van der Waals surface area (Å²) < 4.78 is 24.7. The summed E-state index contributed by atoms with van der Waals surface area (Å²) in [6, 6.07) is 30.6. The van der Waals surface area contributed by atoms with Crippen molar-refractivity contribution >= 4 is 56.2 Å². The highest BCUT2D eigenvalue weighted by atomic mass is 32.1. The van der Waals surface area contributed by atoms with Gasteiger partial charge in [-0.3, -0.25) is 19.2 Å². The standard InChI is InChI=1S/C49H47NO10S/c51-35-15-5-30(6-16-35)9-27-45(53)57-37-19-11-32(12-20-37)48(55)59-41-25-26-42(47-39(41)23-24-40(50-47)44-29-34-3-1-2-4-43(34)61-44)60-49(56)33-13-21-38(22-14-33)58-46(54)28-10-31-7-17-36(52)18-8-31/h1-8,15-18,23-26,29,32-33,37-38,51-52H,9-14,19-22,27-28H2/t32-,33-,37-,38-. The van der Waals surface area contributed by atoms with Gasteiger partial charge in [0.2, 0.25) is 0 Å². The molecule has 0 amide bonds. The van der Waals surface area contributed by atoms with E-state index < -0.39 is 5.97 Å². The number of aryl methyl sites for hydroxylation is 2. The first kappa shape index (κ1) is 41.5. The Labute approximate surface area is 357 Å². The van der Waals surface area contributed by atoms with Gasteiger partial charge in [-0.25, -0.2) is 4.98 Å². The molecule has 2 saturated carbocycles. The lowest BCUT2D eigenvalue weighted by molar-refractivity contribution is -0.153. The van der Waals surface area contributed by atoms with E-state index in [2.05, 4.69) is 12.1 Å². The number of aromatic nitrogens is 1. The second-order valence-corrected chi connectivity index (χ2v) is 17.0. The van der Waals surface area contributed by atoms with Gasteiger partial charge >= 0.3 is 23.9 Å². The Hall–Kier alpha value is -6.27. The zero-order chi connectivity index (χ0) is 42.3. The van der Waals surface area contributed by atoms with Gasteiger partial charge in [0, 0.05) is 22.9 Å². The third kappa shape index (κ3) is 10.6. The molecule has 6 aromatic rings. The van der Waals surface area contributed by atoms with Gasteiger partial charge < -0.3 is 29.2 Å². The van der Waals surface area contributed by atoms with Crippen LogP contribution in [-0.4, -0.2) is 51.3 Å². The molecule has 2 heterocycles. The van der Waals surface area contributed by atoms with Gasteiger partial charge in [0.25, 0.3) is 0 Å². The number of carbonyl (C=O) groups is 4. The summed E-state index contributed by atoms with van der Waals surface area (Å²) in [6.07, 6.45) is 5.15. The van der Waals surface area contributed by atoms with Crippen LogP contribution in [0.5, 0.6) is 23.0 Å². The molecule has 0 spiro atoms. The van der Waals surface area contributed by atoms with Crippen LogP contribution < -0.4 is 9.47 Å². The molecule has 2 fully saturated rings. The molecule has 0 saturated heterocycles. The molecule has 314 valence electrons. The molecule has 2 aliphatic rings. The Bertz CT molecular complexity index is 2480. The Balaban J connectivity index is 0.902. The molecule has 2 aromatic heterocycles. The summed E-state index contributed by atoms with van der Waals surface area (Å²) in [4.78, 5) is 58.4. The number of fused-ring (bicyclic) bond motifs is 2. The lowest BCUT2D eigenvalue weighted by Gasteiger charge is -2.27. The third-order valence-electron chi connectivity index (χ3n) is 11.6. The second kappa shape index (κ2) is 19.0. The molecule has 0 unspecified atom stereocenters. The van der Waals surface area contributed by atoms with Crippen molar-refractivity contribution in [3.8, 4) is 33.6 Å².